The van der Waals surface area contributed by atoms with Gasteiger partial charge in [0.2, 0.25) is 0 Å². The average molecular weight is 343 g/mol. The lowest BCUT2D eigenvalue weighted by Crippen LogP contribution is -2.50. The molecular weight excluding hydrogens is 322 g/mol. The Balaban J connectivity index is 2.00. The molecule has 1 N–H and O–H groups in total. The largest absolute Gasteiger partial charge is 0.452 e. The van der Waals surface area contributed by atoms with Crippen molar-refractivity contribution in [1.29, 1.82) is 5.26 Å². The highest BCUT2D eigenvalue weighted by Crippen LogP contribution is 2.16. The van der Waals surface area contributed by atoms with Crippen LogP contribution in [0.1, 0.15) is 38.1 Å². The van der Waals surface area contributed by atoms with Gasteiger partial charge in [0, 0.05) is 6.54 Å². The van der Waals surface area contributed by atoms with Gasteiger partial charge in [0.1, 0.15) is 11.1 Å². The number of esters is 1. The molecule has 0 unspecified atom stereocenters. The number of nitrogens with zero attached hydrogens (tertiary/aromatic N) is 4. The number of hydrogen-bond donors (Lipinski definition) is 1. The lowest BCUT2D eigenvalue weighted by atomic mass is 9.90. The number of aromatic nitrogens is 3. The standard InChI is InChI=1S/C17H21N5O3/c1-5-22-14-7-6-12(8-13(14)20-21-22)16(24)25-9-15(23)19-17(4,10-18)11(2)3/h6-8,11H,5,9H2,1-4H3,(H,19,23)/t17-/m1/s1. The highest BCUT2D eigenvalue weighted by Gasteiger charge is 2.30. The van der Waals surface area contributed by atoms with E-state index >= 15 is 0 Å². The van der Waals surface area contributed by atoms with Crippen LogP contribution in [0.3, 0.4) is 0 Å². The molecule has 2 rings (SSSR count). The molecule has 132 valence electrons. The quantitative estimate of drug-likeness (QED) is 0.799. The third-order valence-electron chi connectivity index (χ3n) is 4.17. The number of rotatable bonds is 6. The molecule has 0 fully saturated rings. The molecule has 1 heterocycles. The van der Waals surface area contributed by atoms with E-state index in [9.17, 15) is 14.9 Å². The van der Waals surface area contributed by atoms with Gasteiger partial charge in [-0.25, -0.2) is 9.48 Å². The van der Waals surface area contributed by atoms with Gasteiger partial charge in [-0.05, 0) is 38.0 Å². The van der Waals surface area contributed by atoms with Crippen molar-refractivity contribution in [3.63, 3.8) is 0 Å². The van der Waals surface area contributed by atoms with Crippen LogP contribution in [0.15, 0.2) is 18.2 Å². The second kappa shape index (κ2) is 7.30. The van der Waals surface area contributed by atoms with Crippen molar-refractivity contribution >= 4 is 22.9 Å². The van der Waals surface area contributed by atoms with Gasteiger partial charge in [0.15, 0.2) is 6.61 Å². The maximum Gasteiger partial charge on any atom is 0.338 e. The minimum absolute atomic E-state index is 0.0827. The number of nitriles is 1. The van der Waals surface area contributed by atoms with Gasteiger partial charge in [-0.3, -0.25) is 4.79 Å². The van der Waals surface area contributed by atoms with Crippen LogP contribution in [0.4, 0.5) is 0 Å². The summed E-state index contributed by atoms with van der Waals surface area (Å²) in [6.45, 7) is 7.45. The van der Waals surface area contributed by atoms with Crippen molar-refractivity contribution < 1.29 is 14.3 Å². The van der Waals surface area contributed by atoms with Crippen LogP contribution in [0, 0.1) is 17.2 Å². The number of ether oxygens (including phenoxy) is 1. The van der Waals surface area contributed by atoms with E-state index in [2.05, 4.69) is 21.7 Å². The van der Waals surface area contributed by atoms with Crippen LogP contribution in [0.5, 0.6) is 0 Å². The normalized spacial score (nSPS) is 13.3. The van der Waals surface area contributed by atoms with E-state index in [1.807, 2.05) is 20.8 Å². The fourth-order valence-corrected chi connectivity index (χ4v) is 2.17. The fraction of sp³-hybridized carbons (Fsp3) is 0.471. The summed E-state index contributed by atoms with van der Waals surface area (Å²) < 4.78 is 6.74. The molecule has 1 aromatic carbocycles. The lowest BCUT2D eigenvalue weighted by Gasteiger charge is -2.27. The molecule has 0 aliphatic carbocycles. The summed E-state index contributed by atoms with van der Waals surface area (Å²) in [6, 6.07) is 6.98. The number of benzene rings is 1. The molecule has 8 nitrogen and oxygen atoms in total. The zero-order valence-corrected chi connectivity index (χ0v) is 14.7. The first-order valence-corrected chi connectivity index (χ1v) is 8.03. The summed E-state index contributed by atoms with van der Waals surface area (Å²) in [5.74, 6) is -1.24. The fourth-order valence-electron chi connectivity index (χ4n) is 2.17. The first-order valence-electron chi connectivity index (χ1n) is 8.03. The van der Waals surface area contributed by atoms with Crippen molar-refractivity contribution in [1.82, 2.24) is 20.3 Å². The second-order valence-electron chi connectivity index (χ2n) is 6.20. The van der Waals surface area contributed by atoms with Gasteiger partial charge >= 0.3 is 5.97 Å². The Labute approximate surface area is 145 Å². The van der Waals surface area contributed by atoms with Gasteiger partial charge in [-0.2, -0.15) is 5.26 Å². The number of carbonyl (C=O) groups is 2. The molecule has 0 bridgehead atoms. The predicted molar refractivity (Wildman–Crippen MR) is 90.5 cm³/mol. The molecule has 0 saturated carbocycles. The smallest absolute Gasteiger partial charge is 0.338 e. The van der Waals surface area contributed by atoms with Crippen LogP contribution in [0.2, 0.25) is 0 Å². The van der Waals surface area contributed by atoms with Gasteiger partial charge < -0.3 is 10.1 Å². The number of fused-ring (bicyclic) bond motifs is 1. The number of hydrogen-bond acceptors (Lipinski definition) is 6. The molecule has 0 spiro atoms. The maximum atomic E-state index is 12.1. The Morgan fingerprint density at radius 1 is 1.44 bits per heavy atom. The highest BCUT2D eigenvalue weighted by atomic mass is 16.5. The summed E-state index contributed by atoms with van der Waals surface area (Å²) in [5.41, 5.74) is 0.674. The molecular formula is C17H21N5O3. The van der Waals surface area contributed by atoms with Gasteiger partial charge in [0.25, 0.3) is 5.91 Å². The molecule has 1 atom stereocenters. The minimum Gasteiger partial charge on any atom is -0.452 e. The molecule has 1 aromatic heterocycles. The van der Waals surface area contributed by atoms with E-state index in [4.69, 9.17) is 4.74 Å². The van der Waals surface area contributed by atoms with E-state index in [0.717, 1.165) is 5.52 Å². The summed E-state index contributed by atoms with van der Waals surface area (Å²) in [4.78, 5) is 24.1. The monoisotopic (exact) mass is 343 g/mol. The van der Waals surface area contributed by atoms with Crippen LogP contribution >= 0.6 is 0 Å². The molecule has 0 aliphatic rings. The van der Waals surface area contributed by atoms with Crippen molar-refractivity contribution in [2.45, 2.75) is 39.8 Å². The molecule has 25 heavy (non-hydrogen) atoms. The Bertz CT molecular complexity index is 836. The molecule has 0 radical (unpaired) electrons. The zero-order chi connectivity index (χ0) is 18.6. The van der Waals surface area contributed by atoms with Gasteiger partial charge in [-0.1, -0.05) is 19.1 Å². The van der Waals surface area contributed by atoms with Crippen molar-refractivity contribution in [3.05, 3.63) is 23.8 Å². The Hall–Kier alpha value is -2.95. The number of carbonyl (C=O) groups excluding carboxylic acids is 2. The second-order valence-corrected chi connectivity index (χ2v) is 6.20. The van der Waals surface area contributed by atoms with E-state index in [0.29, 0.717) is 12.1 Å². The van der Waals surface area contributed by atoms with E-state index in [-0.39, 0.29) is 11.5 Å². The Morgan fingerprint density at radius 2 is 2.16 bits per heavy atom. The third-order valence-corrected chi connectivity index (χ3v) is 4.17. The van der Waals surface area contributed by atoms with Crippen molar-refractivity contribution in [3.8, 4) is 6.07 Å². The summed E-state index contributed by atoms with van der Waals surface area (Å²) in [6.07, 6.45) is 0. The van der Waals surface area contributed by atoms with Gasteiger partial charge in [-0.15, -0.1) is 5.10 Å². The van der Waals surface area contributed by atoms with Crippen LogP contribution in [-0.2, 0) is 16.1 Å². The summed E-state index contributed by atoms with van der Waals surface area (Å²) >= 11 is 0. The average Bonchev–Trinajstić information content (AvgIpc) is 3.01. The van der Waals surface area contributed by atoms with E-state index < -0.39 is 24.0 Å². The first kappa shape index (κ1) is 18.4. The summed E-state index contributed by atoms with van der Waals surface area (Å²) in [7, 11) is 0. The van der Waals surface area contributed by atoms with Crippen molar-refractivity contribution in [2.24, 2.45) is 5.92 Å². The molecule has 8 heteroatoms. The molecule has 2 aromatic rings. The topological polar surface area (TPSA) is 110 Å². The molecule has 0 saturated heterocycles. The maximum absolute atomic E-state index is 12.1. The predicted octanol–water partition coefficient (Wildman–Crippen LogP) is 1.66. The molecule has 0 aliphatic heterocycles. The lowest BCUT2D eigenvalue weighted by molar-refractivity contribution is -0.125. The van der Waals surface area contributed by atoms with E-state index in [1.165, 1.54) is 0 Å². The minimum atomic E-state index is -1.01. The number of nitrogens with one attached hydrogen (secondary N) is 1. The molecule has 1 amide bonds. The highest BCUT2D eigenvalue weighted by molar-refractivity contribution is 5.94. The van der Waals surface area contributed by atoms with Crippen LogP contribution in [0.25, 0.3) is 11.0 Å². The van der Waals surface area contributed by atoms with Crippen molar-refractivity contribution in [2.75, 3.05) is 6.61 Å². The summed E-state index contributed by atoms with van der Waals surface area (Å²) in [5, 5.41) is 19.8. The number of aryl methyl sites for hydroxylation is 1. The Kier molecular flexibility index (Phi) is 5.37. The Morgan fingerprint density at radius 3 is 2.76 bits per heavy atom. The van der Waals surface area contributed by atoms with Gasteiger partial charge in [0.05, 0.1) is 17.1 Å². The van der Waals surface area contributed by atoms with Crippen LogP contribution in [-0.4, -0.2) is 39.0 Å². The zero-order valence-electron chi connectivity index (χ0n) is 14.7. The third kappa shape index (κ3) is 3.94. The van der Waals surface area contributed by atoms with Crippen LogP contribution < -0.4 is 5.32 Å². The number of amides is 1. The SMILES string of the molecule is CCn1nnc2cc(C(=O)OCC(=O)N[C@](C)(C#N)C(C)C)ccc21. The first-order chi connectivity index (χ1) is 11.8. The van der Waals surface area contributed by atoms with E-state index in [1.54, 1.807) is 29.8 Å².